The van der Waals surface area contributed by atoms with E-state index in [4.69, 9.17) is 0 Å². The van der Waals surface area contributed by atoms with Crippen LogP contribution in [0.3, 0.4) is 0 Å². The normalized spacial score (nSPS) is 26.3. The number of likely N-dealkylation sites (tertiary alicyclic amines) is 1. The first-order valence-electron chi connectivity index (χ1n) is 8.85. The summed E-state index contributed by atoms with van der Waals surface area (Å²) in [6, 6.07) is 0.578. The highest BCUT2D eigenvalue weighted by molar-refractivity contribution is 4.86. The third-order valence-corrected chi connectivity index (χ3v) is 4.42. The van der Waals surface area contributed by atoms with Crippen molar-refractivity contribution in [2.45, 2.75) is 73.0 Å². The highest BCUT2D eigenvalue weighted by atomic mass is 16.3. The quantitative estimate of drug-likeness (QED) is 0.758. The second-order valence-corrected chi connectivity index (χ2v) is 8.55. The largest absolute Gasteiger partial charge is 0.393 e. The van der Waals surface area contributed by atoms with Crippen molar-refractivity contribution in [1.29, 1.82) is 0 Å². The summed E-state index contributed by atoms with van der Waals surface area (Å²) >= 11 is 0. The Labute approximate surface area is 132 Å². The molecular formula is C18H38N2O. The van der Waals surface area contributed by atoms with E-state index in [2.05, 4.69) is 51.8 Å². The average molecular weight is 299 g/mol. The van der Waals surface area contributed by atoms with Crippen molar-refractivity contribution >= 4 is 0 Å². The van der Waals surface area contributed by atoms with Gasteiger partial charge >= 0.3 is 0 Å². The number of aliphatic hydroxyl groups excluding tert-OH is 1. The SMILES string of the molecule is CCCN1CC(CC(O)C(C)C)CC(NCC(C)(C)C)C1. The van der Waals surface area contributed by atoms with Gasteiger partial charge in [-0.3, -0.25) is 0 Å². The molecule has 0 saturated carbocycles. The third kappa shape index (κ3) is 7.62. The molecule has 0 aromatic rings. The molecule has 1 fully saturated rings. The third-order valence-electron chi connectivity index (χ3n) is 4.42. The number of aliphatic hydroxyl groups is 1. The van der Waals surface area contributed by atoms with E-state index >= 15 is 0 Å². The number of hydrogen-bond donors (Lipinski definition) is 2. The topological polar surface area (TPSA) is 35.5 Å². The lowest BCUT2D eigenvalue weighted by atomic mass is 9.86. The average Bonchev–Trinajstić information content (AvgIpc) is 2.35. The standard InChI is InChI=1S/C18H38N2O/c1-7-8-20-11-15(10-17(21)14(2)3)9-16(12-20)19-13-18(4,5)6/h14-17,19,21H,7-13H2,1-6H3. The van der Waals surface area contributed by atoms with Crippen LogP contribution < -0.4 is 5.32 Å². The van der Waals surface area contributed by atoms with Gasteiger partial charge in [0.1, 0.15) is 0 Å². The molecule has 0 aliphatic carbocycles. The number of nitrogens with one attached hydrogen (secondary N) is 1. The Balaban J connectivity index is 2.55. The zero-order valence-electron chi connectivity index (χ0n) is 15.2. The van der Waals surface area contributed by atoms with Crippen LogP contribution >= 0.6 is 0 Å². The van der Waals surface area contributed by atoms with E-state index in [0.29, 0.717) is 23.3 Å². The van der Waals surface area contributed by atoms with Gasteiger partial charge in [-0.1, -0.05) is 41.5 Å². The van der Waals surface area contributed by atoms with E-state index in [-0.39, 0.29) is 6.10 Å². The highest BCUT2D eigenvalue weighted by Gasteiger charge is 2.29. The summed E-state index contributed by atoms with van der Waals surface area (Å²) in [5.74, 6) is 0.993. The fraction of sp³-hybridized carbons (Fsp3) is 1.00. The van der Waals surface area contributed by atoms with Crippen molar-refractivity contribution < 1.29 is 5.11 Å². The molecule has 3 unspecified atom stereocenters. The molecule has 1 saturated heterocycles. The molecule has 0 bridgehead atoms. The first-order chi connectivity index (χ1) is 9.71. The summed E-state index contributed by atoms with van der Waals surface area (Å²) < 4.78 is 0. The zero-order valence-corrected chi connectivity index (χ0v) is 15.2. The lowest BCUT2D eigenvalue weighted by Gasteiger charge is -2.40. The highest BCUT2D eigenvalue weighted by Crippen LogP contribution is 2.24. The summed E-state index contributed by atoms with van der Waals surface area (Å²) in [5.41, 5.74) is 0.333. The van der Waals surface area contributed by atoms with Gasteiger partial charge in [-0.05, 0) is 43.1 Å². The van der Waals surface area contributed by atoms with Crippen molar-refractivity contribution in [2.24, 2.45) is 17.3 Å². The Bertz CT molecular complexity index is 285. The van der Waals surface area contributed by atoms with Crippen molar-refractivity contribution in [3.63, 3.8) is 0 Å². The number of piperidine rings is 1. The lowest BCUT2D eigenvalue weighted by Crippen LogP contribution is -2.51. The molecule has 2 N–H and O–H groups in total. The monoisotopic (exact) mass is 298 g/mol. The smallest absolute Gasteiger partial charge is 0.0566 e. The number of nitrogens with zero attached hydrogens (tertiary/aromatic N) is 1. The van der Waals surface area contributed by atoms with Gasteiger partial charge in [0.25, 0.3) is 0 Å². The summed E-state index contributed by atoms with van der Waals surface area (Å²) in [4.78, 5) is 2.58. The molecule has 0 spiro atoms. The van der Waals surface area contributed by atoms with E-state index in [1.807, 2.05) is 0 Å². The van der Waals surface area contributed by atoms with Crippen LogP contribution in [0.25, 0.3) is 0 Å². The second kappa shape index (κ2) is 8.50. The molecule has 3 heteroatoms. The van der Waals surface area contributed by atoms with Crippen molar-refractivity contribution in [3.8, 4) is 0 Å². The van der Waals surface area contributed by atoms with Crippen molar-refractivity contribution in [3.05, 3.63) is 0 Å². The molecule has 1 aliphatic rings. The van der Waals surface area contributed by atoms with Gasteiger partial charge in [-0.2, -0.15) is 0 Å². The minimum absolute atomic E-state index is 0.153. The van der Waals surface area contributed by atoms with Crippen LogP contribution in [0.4, 0.5) is 0 Å². The second-order valence-electron chi connectivity index (χ2n) is 8.55. The molecule has 1 rings (SSSR count). The molecule has 0 aromatic heterocycles. The maximum Gasteiger partial charge on any atom is 0.0566 e. The van der Waals surface area contributed by atoms with Crippen LogP contribution in [0.5, 0.6) is 0 Å². The Hall–Kier alpha value is -0.120. The molecule has 21 heavy (non-hydrogen) atoms. The molecule has 0 aromatic carbocycles. The van der Waals surface area contributed by atoms with Crippen molar-refractivity contribution in [2.75, 3.05) is 26.2 Å². The van der Waals surface area contributed by atoms with Gasteiger partial charge in [-0.25, -0.2) is 0 Å². The van der Waals surface area contributed by atoms with Crippen LogP contribution in [0.1, 0.15) is 60.8 Å². The Morgan fingerprint density at radius 2 is 1.90 bits per heavy atom. The van der Waals surface area contributed by atoms with Gasteiger partial charge in [0.15, 0.2) is 0 Å². The van der Waals surface area contributed by atoms with Crippen LogP contribution in [-0.2, 0) is 0 Å². The van der Waals surface area contributed by atoms with Crippen LogP contribution in [-0.4, -0.2) is 48.3 Å². The fourth-order valence-electron chi connectivity index (χ4n) is 3.18. The first-order valence-corrected chi connectivity index (χ1v) is 8.85. The van der Waals surface area contributed by atoms with E-state index in [1.54, 1.807) is 0 Å². The van der Waals surface area contributed by atoms with E-state index in [1.165, 1.54) is 19.4 Å². The molecule has 3 nitrogen and oxygen atoms in total. The van der Waals surface area contributed by atoms with Gasteiger partial charge in [0.05, 0.1) is 6.10 Å². The Morgan fingerprint density at radius 3 is 2.43 bits per heavy atom. The van der Waals surface area contributed by atoms with E-state index < -0.39 is 0 Å². The minimum atomic E-state index is -0.153. The molecule has 126 valence electrons. The zero-order chi connectivity index (χ0) is 16.0. The fourth-order valence-corrected chi connectivity index (χ4v) is 3.18. The van der Waals surface area contributed by atoms with E-state index in [0.717, 1.165) is 26.1 Å². The van der Waals surface area contributed by atoms with E-state index in [9.17, 15) is 5.11 Å². The minimum Gasteiger partial charge on any atom is -0.393 e. The molecular weight excluding hydrogens is 260 g/mol. The maximum atomic E-state index is 10.2. The van der Waals surface area contributed by atoms with Gasteiger partial charge in [0.2, 0.25) is 0 Å². The number of rotatable bonds is 7. The number of hydrogen-bond acceptors (Lipinski definition) is 3. The van der Waals surface area contributed by atoms with Crippen LogP contribution in [0.2, 0.25) is 0 Å². The Kier molecular flexibility index (Phi) is 7.66. The summed E-state index contributed by atoms with van der Waals surface area (Å²) in [7, 11) is 0. The summed E-state index contributed by atoms with van der Waals surface area (Å²) in [6.07, 6.45) is 3.22. The first kappa shape index (κ1) is 18.9. The van der Waals surface area contributed by atoms with Gasteiger partial charge < -0.3 is 15.3 Å². The maximum absolute atomic E-state index is 10.2. The molecule has 0 radical (unpaired) electrons. The summed E-state index contributed by atoms with van der Waals surface area (Å²) in [6.45, 7) is 17.9. The van der Waals surface area contributed by atoms with Gasteiger partial charge in [0, 0.05) is 25.7 Å². The molecule has 1 heterocycles. The van der Waals surface area contributed by atoms with Gasteiger partial charge in [-0.15, -0.1) is 0 Å². The van der Waals surface area contributed by atoms with Crippen molar-refractivity contribution in [1.82, 2.24) is 10.2 Å². The Morgan fingerprint density at radius 1 is 1.24 bits per heavy atom. The lowest BCUT2D eigenvalue weighted by molar-refractivity contribution is 0.0604. The predicted octanol–water partition coefficient (Wildman–Crippen LogP) is 3.13. The molecule has 0 amide bonds. The molecule has 3 atom stereocenters. The van der Waals surface area contributed by atoms with Crippen LogP contribution in [0.15, 0.2) is 0 Å². The molecule has 1 aliphatic heterocycles. The predicted molar refractivity (Wildman–Crippen MR) is 91.5 cm³/mol. The summed E-state index contributed by atoms with van der Waals surface area (Å²) in [5, 5.41) is 14.0. The van der Waals surface area contributed by atoms with Crippen LogP contribution in [0, 0.1) is 17.3 Å².